The van der Waals surface area contributed by atoms with Crippen molar-refractivity contribution in [3.63, 3.8) is 0 Å². The maximum atomic E-state index is 9.27. The molecule has 1 N–H and O–H groups in total. The standard InChI is InChI=1S/C15H12Cl2N2/c1-10-2-3-11(8-14(10)17)15(9-18)19-13-6-4-12(16)5-7-13/h2-8,15,19H,1H3. The molecule has 0 radical (unpaired) electrons. The first kappa shape index (κ1) is 13.7. The van der Waals surface area contributed by atoms with Gasteiger partial charge in [-0.15, -0.1) is 0 Å². The first-order chi connectivity index (χ1) is 9.10. The van der Waals surface area contributed by atoms with Crippen molar-refractivity contribution in [2.24, 2.45) is 0 Å². The van der Waals surface area contributed by atoms with E-state index in [4.69, 9.17) is 23.2 Å². The Morgan fingerprint density at radius 3 is 2.37 bits per heavy atom. The van der Waals surface area contributed by atoms with Crippen molar-refractivity contribution in [3.05, 3.63) is 63.6 Å². The van der Waals surface area contributed by atoms with Gasteiger partial charge in [-0.3, -0.25) is 0 Å². The molecule has 96 valence electrons. The van der Waals surface area contributed by atoms with Crippen LogP contribution in [-0.2, 0) is 0 Å². The summed E-state index contributed by atoms with van der Waals surface area (Å²) in [6.07, 6.45) is 0. The summed E-state index contributed by atoms with van der Waals surface area (Å²) in [4.78, 5) is 0. The predicted molar refractivity (Wildman–Crippen MR) is 79.6 cm³/mol. The Hall–Kier alpha value is -1.69. The lowest BCUT2D eigenvalue weighted by Gasteiger charge is -2.14. The second-order valence-corrected chi connectivity index (χ2v) is 5.07. The fraction of sp³-hybridized carbons (Fsp3) is 0.133. The molecule has 0 aromatic heterocycles. The number of halogens is 2. The Morgan fingerprint density at radius 2 is 1.79 bits per heavy atom. The maximum Gasteiger partial charge on any atom is 0.140 e. The molecule has 2 aromatic rings. The van der Waals surface area contributed by atoms with Gasteiger partial charge in [0.25, 0.3) is 0 Å². The molecule has 0 aliphatic rings. The molecule has 0 fully saturated rings. The maximum absolute atomic E-state index is 9.27. The molecular weight excluding hydrogens is 279 g/mol. The van der Waals surface area contributed by atoms with Gasteiger partial charge in [0, 0.05) is 15.7 Å². The number of rotatable bonds is 3. The SMILES string of the molecule is Cc1ccc(C(C#N)Nc2ccc(Cl)cc2)cc1Cl. The largest absolute Gasteiger partial charge is 0.366 e. The van der Waals surface area contributed by atoms with Crippen LogP contribution in [-0.4, -0.2) is 0 Å². The Bertz CT molecular complexity index is 615. The third-order valence-electron chi connectivity index (χ3n) is 2.81. The number of benzene rings is 2. The van der Waals surface area contributed by atoms with E-state index in [1.54, 1.807) is 12.1 Å². The molecule has 0 aliphatic heterocycles. The molecule has 0 spiro atoms. The molecule has 1 unspecified atom stereocenters. The number of hydrogen-bond donors (Lipinski definition) is 1. The fourth-order valence-corrected chi connectivity index (χ4v) is 2.01. The van der Waals surface area contributed by atoms with Gasteiger partial charge in [-0.05, 0) is 48.4 Å². The normalized spacial score (nSPS) is 11.7. The smallest absolute Gasteiger partial charge is 0.140 e. The number of anilines is 1. The summed E-state index contributed by atoms with van der Waals surface area (Å²) in [6, 6.07) is 14.6. The first-order valence-corrected chi connectivity index (χ1v) is 6.53. The van der Waals surface area contributed by atoms with Gasteiger partial charge in [0.15, 0.2) is 0 Å². The molecule has 0 saturated heterocycles. The second-order valence-electron chi connectivity index (χ2n) is 4.22. The molecule has 2 rings (SSSR count). The van der Waals surface area contributed by atoms with E-state index in [1.165, 1.54) is 0 Å². The van der Waals surface area contributed by atoms with Gasteiger partial charge in [-0.1, -0.05) is 35.3 Å². The van der Waals surface area contributed by atoms with Crippen LogP contribution in [0.5, 0.6) is 0 Å². The van der Waals surface area contributed by atoms with E-state index in [1.807, 2.05) is 37.3 Å². The molecule has 0 bridgehead atoms. The zero-order valence-corrected chi connectivity index (χ0v) is 11.8. The molecule has 0 amide bonds. The van der Waals surface area contributed by atoms with Gasteiger partial charge in [0.05, 0.1) is 6.07 Å². The fourth-order valence-electron chi connectivity index (χ4n) is 1.69. The number of aryl methyl sites for hydroxylation is 1. The highest BCUT2D eigenvalue weighted by Gasteiger charge is 2.11. The Morgan fingerprint density at radius 1 is 1.11 bits per heavy atom. The van der Waals surface area contributed by atoms with Crippen molar-refractivity contribution in [2.45, 2.75) is 13.0 Å². The van der Waals surface area contributed by atoms with Crippen LogP contribution >= 0.6 is 23.2 Å². The van der Waals surface area contributed by atoms with E-state index in [2.05, 4.69) is 11.4 Å². The van der Waals surface area contributed by atoms with Gasteiger partial charge < -0.3 is 5.32 Å². The molecule has 0 heterocycles. The number of nitrogens with one attached hydrogen (secondary N) is 1. The summed E-state index contributed by atoms with van der Waals surface area (Å²) in [6.45, 7) is 1.93. The molecular formula is C15H12Cl2N2. The summed E-state index contributed by atoms with van der Waals surface area (Å²) in [5.74, 6) is 0. The second kappa shape index (κ2) is 5.97. The van der Waals surface area contributed by atoms with Gasteiger partial charge in [-0.2, -0.15) is 5.26 Å². The number of nitriles is 1. The summed E-state index contributed by atoms with van der Waals surface area (Å²) < 4.78 is 0. The van der Waals surface area contributed by atoms with Gasteiger partial charge in [-0.25, -0.2) is 0 Å². The van der Waals surface area contributed by atoms with Crippen molar-refractivity contribution in [3.8, 4) is 6.07 Å². The van der Waals surface area contributed by atoms with E-state index < -0.39 is 6.04 Å². The summed E-state index contributed by atoms with van der Waals surface area (Å²) in [7, 11) is 0. The topological polar surface area (TPSA) is 35.8 Å². The quantitative estimate of drug-likeness (QED) is 0.865. The van der Waals surface area contributed by atoms with Crippen molar-refractivity contribution < 1.29 is 0 Å². The summed E-state index contributed by atoms with van der Waals surface area (Å²) in [5.41, 5.74) is 2.68. The lowest BCUT2D eigenvalue weighted by molar-refractivity contribution is 0.996. The molecule has 0 aliphatic carbocycles. The average molecular weight is 291 g/mol. The van der Waals surface area contributed by atoms with Crippen molar-refractivity contribution >= 4 is 28.9 Å². The Kier molecular flexibility index (Phi) is 4.31. The number of nitrogens with zero attached hydrogens (tertiary/aromatic N) is 1. The zero-order chi connectivity index (χ0) is 13.8. The van der Waals surface area contributed by atoms with E-state index in [0.717, 1.165) is 16.8 Å². The van der Waals surface area contributed by atoms with E-state index in [9.17, 15) is 5.26 Å². The highest BCUT2D eigenvalue weighted by Crippen LogP contribution is 2.24. The van der Waals surface area contributed by atoms with E-state index >= 15 is 0 Å². The van der Waals surface area contributed by atoms with E-state index in [0.29, 0.717) is 10.0 Å². The Labute approximate surface area is 122 Å². The summed E-state index contributed by atoms with van der Waals surface area (Å²) >= 11 is 11.9. The first-order valence-electron chi connectivity index (χ1n) is 5.78. The minimum absolute atomic E-state index is 0.445. The van der Waals surface area contributed by atoms with Crippen LogP contribution in [0.4, 0.5) is 5.69 Å². The molecule has 4 heteroatoms. The minimum atomic E-state index is -0.445. The highest BCUT2D eigenvalue weighted by atomic mass is 35.5. The lowest BCUT2D eigenvalue weighted by Crippen LogP contribution is -2.08. The van der Waals surface area contributed by atoms with Crippen molar-refractivity contribution in [2.75, 3.05) is 5.32 Å². The number of hydrogen-bond acceptors (Lipinski definition) is 2. The molecule has 2 aromatic carbocycles. The van der Waals surface area contributed by atoms with Gasteiger partial charge in [0.1, 0.15) is 6.04 Å². The minimum Gasteiger partial charge on any atom is -0.366 e. The monoisotopic (exact) mass is 290 g/mol. The highest BCUT2D eigenvalue weighted by molar-refractivity contribution is 6.31. The van der Waals surface area contributed by atoms with Crippen LogP contribution in [0.25, 0.3) is 0 Å². The van der Waals surface area contributed by atoms with Crippen LogP contribution in [0.2, 0.25) is 10.0 Å². The average Bonchev–Trinajstić information content (AvgIpc) is 2.41. The molecule has 1 atom stereocenters. The van der Waals surface area contributed by atoms with Gasteiger partial charge >= 0.3 is 0 Å². The molecule has 2 nitrogen and oxygen atoms in total. The van der Waals surface area contributed by atoms with Crippen LogP contribution in [0, 0.1) is 18.3 Å². The Balaban J connectivity index is 2.23. The third-order valence-corrected chi connectivity index (χ3v) is 3.47. The summed E-state index contributed by atoms with van der Waals surface area (Å²) in [5, 5.41) is 13.7. The molecule has 19 heavy (non-hydrogen) atoms. The van der Waals surface area contributed by atoms with Crippen molar-refractivity contribution in [1.29, 1.82) is 5.26 Å². The predicted octanol–water partition coefficient (Wildman–Crippen LogP) is 4.98. The third kappa shape index (κ3) is 3.41. The van der Waals surface area contributed by atoms with Crippen LogP contribution in [0.3, 0.4) is 0 Å². The zero-order valence-electron chi connectivity index (χ0n) is 10.3. The van der Waals surface area contributed by atoms with Crippen LogP contribution in [0.15, 0.2) is 42.5 Å². The van der Waals surface area contributed by atoms with Crippen LogP contribution < -0.4 is 5.32 Å². The van der Waals surface area contributed by atoms with Gasteiger partial charge in [0.2, 0.25) is 0 Å². The lowest BCUT2D eigenvalue weighted by atomic mass is 10.1. The van der Waals surface area contributed by atoms with Crippen LogP contribution in [0.1, 0.15) is 17.2 Å². The van der Waals surface area contributed by atoms with Crippen molar-refractivity contribution in [1.82, 2.24) is 0 Å². The van der Waals surface area contributed by atoms with E-state index in [-0.39, 0.29) is 0 Å². The molecule has 0 saturated carbocycles.